The number of hydrogen-bond acceptors (Lipinski definition) is 2. The standard InChI is InChI=1S/C14H21FN2/c1-17(14-5-3-2-4-13(14)15)10-11-6-8-12(16)9-7-11/h2-5,11-12H,6-10,16H2,1H3. The first kappa shape index (κ1) is 12.4. The van der Waals surface area contributed by atoms with Gasteiger partial charge in [0.1, 0.15) is 5.82 Å². The summed E-state index contributed by atoms with van der Waals surface area (Å²) in [6.45, 7) is 0.924. The van der Waals surface area contributed by atoms with Crippen LogP contribution in [0.15, 0.2) is 24.3 Å². The average Bonchev–Trinajstić information content (AvgIpc) is 2.32. The molecule has 3 heteroatoms. The van der Waals surface area contributed by atoms with E-state index in [4.69, 9.17) is 5.73 Å². The van der Waals surface area contributed by atoms with Crippen LogP contribution in [-0.4, -0.2) is 19.6 Å². The Morgan fingerprint density at radius 1 is 1.24 bits per heavy atom. The zero-order chi connectivity index (χ0) is 12.3. The summed E-state index contributed by atoms with van der Waals surface area (Å²) >= 11 is 0. The van der Waals surface area contributed by atoms with E-state index in [2.05, 4.69) is 0 Å². The highest BCUT2D eigenvalue weighted by Gasteiger charge is 2.20. The molecule has 0 saturated heterocycles. The number of anilines is 1. The normalized spacial score (nSPS) is 24.6. The molecule has 0 aliphatic heterocycles. The Labute approximate surface area is 103 Å². The van der Waals surface area contributed by atoms with E-state index in [-0.39, 0.29) is 5.82 Å². The molecule has 1 fully saturated rings. The number of para-hydroxylation sites is 1. The second kappa shape index (κ2) is 5.50. The summed E-state index contributed by atoms with van der Waals surface area (Å²) < 4.78 is 13.6. The molecule has 2 nitrogen and oxygen atoms in total. The van der Waals surface area contributed by atoms with Gasteiger partial charge in [-0.2, -0.15) is 0 Å². The third kappa shape index (κ3) is 3.19. The summed E-state index contributed by atoms with van der Waals surface area (Å²) in [5, 5.41) is 0. The quantitative estimate of drug-likeness (QED) is 0.874. The predicted molar refractivity (Wildman–Crippen MR) is 69.6 cm³/mol. The Morgan fingerprint density at radius 2 is 1.88 bits per heavy atom. The molecule has 1 saturated carbocycles. The Bertz CT molecular complexity index is 359. The minimum absolute atomic E-state index is 0.137. The van der Waals surface area contributed by atoms with Crippen molar-refractivity contribution in [1.82, 2.24) is 0 Å². The topological polar surface area (TPSA) is 29.3 Å². The average molecular weight is 236 g/mol. The summed E-state index contributed by atoms with van der Waals surface area (Å²) in [5.74, 6) is 0.516. The van der Waals surface area contributed by atoms with Crippen LogP contribution in [0.5, 0.6) is 0 Å². The maximum Gasteiger partial charge on any atom is 0.146 e. The van der Waals surface area contributed by atoms with Gasteiger partial charge in [0, 0.05) is 19.6 Å². The molecule has 0 amide bonds. The molecule has 2 rings (SSSR count). The summed E-state index contributed by atoms with van der Waals surface area (Å²) in [6.07, 6.45) is 4.55. The Kier molecular flexibility index (Phi) is 4.00. The van der Waals surface area contributed by atoms with Gasteiger partial charge in [-0.25, -0.2) is 4.39 Å². The minimum Gasteiger partial charge on any atom is -0.372 e. The van der Waals surface area contributed by atoms with Gasteiger partial charge in [-0.15, -0.1) is 0 Å². The van der Waals surface area contributed by atoms with Crippen LogP contribution in [0.25, 0.3) is 0 Å². The third-order valence-corrected chi connectivity index (χ3v) is 3.69. The Morgan fingerprint density at radius 3 is 2.53 bits per heavy atom. The van der Waals surface area contributed by atoms with Gasteiger partial charge in [-0.1, -0.05) is 12.1 Å². The zero-order valence-corrected chi connectivity index (χ0v) is 10.4. The molecule has 0 aromatic heterocycles. The van der Waals surface area contributed by atoms with Gasteiger partial charge in [0.15, 0.2) is 0 Å². The molecule has 94 valence electrons. The monoisotopic (exact) mass is 236 g/mol. The Hall–Kier alpha value is -1.09. The molecule has 1 aromatic rings. The molecule has 0 heterocycles. The van der Waals surface area contributed by atoms with Crippen LogP contribution in [0.2, 0.25) is 0 Å². The van der Waals surface area contributed by atoms with Crippen molar-refractivity contribution in [1.29, 1.82) is 0 Å². The maximum atomic E-state index is 13.6. The smallest absolute Gasteiger partial charge is 0.146 e. The van der Waals surface area contributed by atoms with Crippen LogP contribution in [0.3, 0.4) is 0 Å². The highest BCUT2D eigenvalue weighted by molar-refractivity contribution is 5.46. The van der Waals surface area contributed by atoms with Crippen LogP contribution >= 0.6 is 0 Å². The van der Waals surface area contributed by atoms with Gasteiger partial charge in [0.25, 0.3) is 0 Å². The van der Waals surface area contributed by atoms with Crippen molar-refractivity contribution < 1.29 is 4.39 Å². The van der Waals surface area contributed by atoms with Crippen LogP contribution in [0, 0.1) is 11.7 Å². The van der Waals surface area contributed by atoms with E-state index < -0.39 is 0 Å². The minimum atomic E-state index is -0.137. The van der Waals surface area contributed by atoms with Crippen LogP contribution in [-0.2, 0) is 0 Å². The van der Waals surface area contributed by atoms with Crippen molar-refractivity contribution in [3.8, 4) is 0 Å². The highest BCUT2D eigenvalue weighted by Crippen LogP contribution is 2.26. The fourth-order valence-corrected chi connectivity index (χ4v) is 2.62. The maximum absolute atomic E-state index is 13.6. The largest absolute Gasteiger partial charge is 0.372 e. The number of benzene rings is 1. The SMILES string of the molecule is CN(CC1CCC(N)CC1)c1ccccc1F. The molecular formula is C14H21FN2. The first-order valence-electron chi connectivity index (χ1n) is 6.38. The molecule has 1 aliphatic carbocycles. The summed E-state index contributed by atoms with van der Waals surface area (Å²) in [7, 11) is 1.97. The Balaban J connectivity index is 1.93. The molecule has 0 atom stereocenters. The van der Waals surface area contributed by atoms with Crippen LogP contribution in [0.1, 0.15) is 25.7 Å². The number of hydrogen-bond donors (Lipinski definition) is 1. The number of nitrogens with zero attached hydrogens (tertiary/aromatic N) is 1. The number of halogens is 1. The van der Waals surface area contributed by atoms with Gasteiger partial charge >= 0.3 is 0 Å². The van der Waals surface area contributed by atoms with Crippen molar-refractivity contribution in [3.05, 3.63) is 30.1 Å². The molecule has 0 spiro atoms. The first-order valence-corrected chi connectivity index (χ1v) is 6.38. The van der Waals surface area contributed by atoms with Crippen molar-refractivity contribution in [2.24, 2.45) is 11.7 Å². The van der Waals surface area contributed by atoms with E-state index in [1.165, 1.54) is 18.9 Å². The van der Waals surface area contributed by atoms with E-state index in [0.717, 1.165) is 19.4 Å². The van der Waals surface area contributed by atoms with Crippen LogP contribution < -0.4 is 10.6 Å². The lowest BCUT2D eigenvalue weighted by atomic mass is 9.86. The molecule has 1 aromatic carbocycles. The lowest BCUT2D eigenvalue weighted by Crippen LogP contribution is -2.32. The summed E-state index contributed by atoms with van der Waals surface area (Å²) in [6, 6.07) is 7.34. The molecule has 0 unspecified atom stereocenters. The van der Waals surface area contributed by atoms with Gasteiger partial charge in [0.2, 0.25) is 0 Å². The molecule has 0 radical (unpaired) electrons. The van der Waals surface area contributed by atoms with Crippen molar-refractivity contribution >= 4 is 5.69 Å². The van der Waals surface area contributed by atoms with Crippen molar-refractivity contribution in [2.75, 3.05) is 18.5 Å². The van der Waals surface area contributed by atoms with E-state index in [1.54, 1.807) is 6.07 Å². The summed E-state index contributed by atoms with van der Waals surface area (Å²) in [4.78, 5) is 2.02. The van der Waals surface area contributed by atoms with Gasteiger partial charge in [-0.05, 0) is 43.7 Å². The fraction of sp³-hybridized carbons (Fsp3) is 0.571. The van der Waals surface area contributed by atoms with E-state index in [0.29, 0.717) is 17.6 Å². The first-order chi connectivity index (χ1) is 8.16. The van der Waals surface area contributed by atoms with Crippen LogP contribution in [0.4, 0.5) is 10.1 Å². The summed E-state index contributed by atoms with van der Waals surface area (Å²) in [5.41, 5.74) is 6.59. The number of nitrogens with two attached hydrogens (primary N) is 1. The molecule has 2 N–H and O–H groups in total. The molecular weight excluding hydrogens is 215 g/mol. The number of rotatable bonds is 3. The van der Waals surface area contributed by atoms with Gasteiger partial charge < -0.3 is 10.6 Å². The molecule has 1 aliphatic rings. The van der Waals surface area contributed by atoms with Gasteiger partial charge in [-0.3, -0.25) is 0 Å². The van der Waals surface area contributed by atoms with E-state index >= 15 is 0 Å². The zero-order valence-electron chi connectivity index (χ0n) is 10.4. The second-order valence-electron chi connectivity index (χ2n) is 5.11. The lowest BCUT2D eigenvalue weighted by molar-refractivity contribution is 0.329. The van der Waals surface area contributed by atoms with Crippen molar-refractivity contribution in [3.63, 3.8) is 0 Å². The van der Waals surface area contributed by atoms with Gasteiger partial charge in [0.05, 0.1) is 5.69 Å². The van der Waals surface area contributed by atoms with E-state index in [9.17, 15) is 4.39 Å². The lowest BCUT2D eigenvalue weighted by Gasteiger charge is -2.30. The highest BCUT2D eigenvalue weighted by atomic mass is 19.1. The molecule has 17 heavy (non-hydrogen) atoms. The fourth-order valence-electron chi connectivity index (χ4n) is 2.62. The van der Waals surface area contributed by atoms with Crippen molar-refractivity contribution in [2.45, 2.75) is 31.7 Å². The molecule has 0 bridgehead atoms. The second-order valence-corrected chi connectivity index (χ2v) is 5.11. The third-order valence-electron chi connectivity index (χ3n) is 3.69. The predicted octanol–water partition coefficient (Wildman–Crippen LogP) is 2.78. The van der Waals surface area contributed by atoms with E-state index in [1.807, 2.05) is 24.1 Å².